The van der Waals surface area contributed by atoms with Crippen molar-refractivity contribution in [1.29, 1.82) is 0 Å². The Kier molecular flexibility index (Phi) is 5.02. The van der Waals surface area contributed by atoms with Gasteiger partial charge in [-0.1, -0.05) is 0 Å². The number of aromatic hydroxyl groups is 1. The Morgan fingerprint density at radius 3 is 2.25 bits per heavy atom. The van der Waals surface area contributed by atoms with E-state index in [0.717, 1.165) is 0 Å². The molecule has 1 aromatic rings. The molecule has 0 heterocycles. The number of hydrogen-bond acceptors (Lipinski definition) is 4. The summed E-state index contributed by atoms with van der Waals surface area (Å²) < 4.78 is 24.2. The Labute approximate surface area is 84.2 Å². The number of hydrogen-bond donors (Lipinski definition) is 1. The van der Waals surface area contributed by atoms with Crippen molar-refractivity contribution < 1.29 is 36.9 Å². The second-order valence-corrected chi connectivity index (χ2v) is 2.36. The Morgan fingerprint density at radius 2 is 1.83 bits per heavy atom. The second-order valence-electron chi connectivity index (χ2n) is 1.78. The molecule has 1 N–H and O–H groups in total. The van der Waals surface area contributed by atoms with Gasteiger partial charge in [-0.05, 0) is 24.3 Å². The quantitative estimate of drug-likeness (QED) is 0.406. The van der Waals surface area contributed by atoms with E-state index in [1.807, 2.05) is 0 Å². The molecule has 0 saturated carbocycles. The number of benzene rings is 1. The van der Waals surface area contributed by atoms with Crippen LogP contribution in [0.5, 0.6) is 11.5 Å². The van der Waals surface area contributed by atoms with Crippen LogP contribution >= 0.6 is 0 Å². The molecule has 0 fully saturated rings. The van der Waals surface area contributed by atoms with Gasteiger partial charge in [0.25, 0.3) is 0 Å². The summed E-state index contributed by atoms with van der Waals surface area (Å²) in [6.45, 7) is 0. The molecule has 0 saturated heterocycles. The predicted molar refractivity (Wildman–Crippen MR) is 37.7 cm³/mol. The van der Waals surface area contributed by atoms with Crippen molar-refractivity contribution in [1.82, 2.24) is 0 Å². The molecule has 0 radical (unpaired) electrons. The van der Waals surface area contributed by atoms with E-state index in [9.17, 15) is 8.76 Å². The van der Waals surface area contributed by atoms with Gasteiger partial charge in [0.05, 0.1) is 0 Å². The maximum Gasteiger partial charge on any atom is 1.00 e. The number of phenols is 1. The van der Waals surface area contributed by atoms with Crippen LogP contribution in [0, 0.1) is 0 Å². The van der Waals surface area contributed by atoms with Crippen LogP contribution in [0.3, 0.4) is 0 Å². The normalized spacial score (nSPS) is 11.4. The summed E-state index contributed by atoms with van der Waals surface area (Å²) in [5.41, 5.74) is 0. The summed E-state index contributed by atoms with van der Waals surface area (Å²) in [6, 6.07) is 5.38. The maximum atomic E-state index is 9.97. The van der Waals surface area contributed by atoms with Crippen LogP contribution in [0.25, 0.3) is 0 Å². The third-order valence-corrected chi connectivity index (χ3v) is 1.33. The van der Waals surface area contributed by atoms with Gasteiger partial charge in [-0.3, -0.25) is 0 Å². The molecule has 4 nitrogen and oxygen atoms in total. The first-order valence-electron chi connectivity index (χ1n) is 2.75. The molecule has 0 aliphatic carbocycles. The largest absolute Gasteiger partial charge is 1.00 e. The molecule has 60 valence electrons. The maximum absolute atomic E-state index is 9.97. The smallest absolute Gasteiger partial charge is 0.740 e. The van der Waals surface area contributed by atoms with Gasteiger partial charge in [0.1, 0.15) is 22.9 Å². The SMILES string of the molecule is O=S([O-])Oc1ccc(O)cc1.[Li+]. The van der Waals surface area contributed by atoms with Gasteiger partial charge in [0, 0.05) is 0 Å². The number of phenolic OH excluding ortho intramolecular Hbond substituents is 1. The zero-order valence-electron chi connectivity index (χ0n) is 6.39. The summed E-state index contributed by atoms with van der Waals surface area (Å²) in [5.74, 6) is 0.241. The van der Waals surface area contributed by atoms with Crippen LogP contribution < -0.4 is 23.0 Å². The molecule has 1 aromatic carbocycles. The fourth-order valence-electron chi connectivity index (χ4n) is 0.580. The molecular weight excluding hydrogens is 175 g/mol. The summed E-state index contributed by atoms with van der Waals surface area (Å²) in [5, 5.41) is 8.78. The van der Waals surface area contributed by atoms with Crippen molar-refractivity contribution in [2.45, 2.75) is 0 Å². The second kappa shape index (κ2) is 5.22. The Balaban J connectivity index is 0.00000121. The molecule has 12 heavy (non-hydrogen) atoms. The summed E-state index contributed by atoms with van der Waals surface area (Å²) >= 11 is -2.55. The Bertz CT molecular complexity index is 261. The molecule has 0 amide bonds. The van der Waals surface area contributed by atoms with Gasteiger partial charge < -0.3 is 13.8 Å². The van der Waals surface area contributed by atoms with E-state index in [1.54, 1.807) is 0 Å². The van der Waals surface area contributed by atoms with E-state index in [4.69, 9.17) is 5.11 Å². The average molecular weight is 180 g/mol. The average Bonchev–Trinajstić information content (AvgIpc) is 1.93. The van der Waals surface area contributed by atoms with E-state index in [2.05, 4.69) is 4.18 Å². The van der Waals surface area contributed by atoms with Crippen LogP contribution in [0.2, 0.25) is 0 Å². The van der Waals surface area contributed by atoms with Gasteiger partial charge in [-0.25, -0.2) is 4.21 Å². The molecule has 0 aromatic heterocycles. The minimum Gasteiger partial charge on any atom is -0.740 e. The van der Waals surface area contributed by atoms with Crippen molar-refractivity contribution >= 4 is 11.4 Å². The van der Waals surface area contributed by atoms with Crippen molar-refractivity contribution in [3.05, 3.63) is 24.3 Å². The molecular formula is C6H5LiO4S. The first-order valence-corrected chi connectivity index (χ1v) is 3.75. The molecule has 0 bridgehead atoms. The third kappa shape index (κ3) is 3.79. The Morgan fingerprint density at radius 1 is 1.33 bits per heavy atom. The van der Waals surface area contributed by atoms with E-state index in [1.165, 1.54) is 24.3 Å². The molecule has 0 aliphatic rings. The van der Waals surface area contributed by atoms with Crippen molar-refractivity contribution in [2.75, 3.05) is 0 Å². The first kappa shape index (κ1) is 11.5. The van der Waals surface area contributed by atoms with Crippen LogP contribution in [0.1, 0.15) is 0 Å². The van der Waals surface area contributed by atoms with Crippen molar-refractivity contribution in [3.8, 4) is 11.5 Å². The fraction of sp³-hybridized carbons (Fsp3) is 0. The zero-order valence-corrected chi connectivity index (χ0v) is 7.21. The van der Waals surface area contributed by atoms with Crippen molar-refractivity contribution in [3.63, 3.8) is 0 Å². The summed E-state index contributed by atoms with van der Waals surface area (Å²) in [6.07, 6.45) is 0. The third-order valence-electron chi connectivity index (χ3n) is 1.00. The van der Waals surface area contributed by atoms with Gasteiger partial charge in [0.15, 0.2) is 0 Å². The minimum atomic E-state index is -2.55. The fourth-order valence-corrected chi connectivity index (χ4v) is 0.849. The molecule has 1 atom stereocenters. The topological polar surface area (TPSA) is 69.6 Å². The van der Waals surface area contributed by atoms with Gasteiger partial charge in [-0.2, -0.15) is 0 Å². The van der Waals surface area contributed by atoms with Gasteiger partial charge in [-0.15, -0.1) is 0 Å². The Hall–Kier alpha value is -0.473. The summed E-state index contributed by atoms with van der Waals surface area (Å²) in [7, 11) is 0. The van der Waals surface area contributed by atoms with E-state index < -0.39 is 11.4 Å². The molecule has 1 rings (SSSR count). The van der Waals surface area contributed by atoms with Crippen LogP contribution in [-0.4, -0.2) is 13.9 Å². The predicted octanol–water partition coefficient (Wildman–Crippen LogP) is -2.43. The minimum absolute atomic E-state index is 0. The standard InChI is InChI=1S/C6H6O4S.Li/c7-5-1-3-6(4-2-5)10-11(8)9;/h1-4,7H,(H,8,9);/q;+1/p-1. The van der Waals surface area contributed by atoms with Crippen molar-refractivity contribution in [2.24, 2.45) is 0 Å². The van der Waals surface area contributed by atoms with Crippen LogP contribution in [0.15, 0.2) is 24.3 Å². The van der Waals surface area contributed by atoms with Crippen LogP contribution in [0.4, 0.5) is 0 Å². The van der Waals surface area contributed by atoms with E-state index >= 15 is 0 Å². The van der Waals surface area contributed by atoms with E-state index in [-0.39, 0.29) is 30.4 Å². The zero-order chi connectivity index (χ0) is 8.27. The molecule has 0 aliphatic heterocycles. The first-order chi connectivity index (χ1) is 5.18. The monoisotopic (exact) mass is 180 g/mol. The van der Waals surface area contributed by atoms with Gasteiger partial charge >= 0.3 is 18.9 Å². The van der Waals surface area contributed by atoms with E-state index in [0.29, 0.717) is 0 Å². The van der Waals surface area contributed by atoms with Crippen LogP contribution in [-0.2, 0) is 11.4 Å². The molecule has 6 heteroatoms. The molecule has 1 unspecified atom stereocenters. The molecule has 0 spiro atoms. The number of rotatable bonds is 2. The summed E-state index contributed by atoms with van der Waals surface area (Å²) in [4.78, 5) is 0. The van der Waals surface area contributed by atoms with Gasteiger partial charge in [0.2, 0.25) is 0 Å².